The number of nitrogens with zero attached hydrogens (tertiary/aromatic N) is 1. The molecule has 0 radical (unpaired) electrons. The molecule has 0 bridgehead atoms. The van der Waals surface area contributed by atoms with Crippen LogP contribution in [0.4, 0.5) is 0 Å². The summed E-state index contributed by atoms with van der Waals surface area (Å²) in [6.07, 6.45) is 1.01. The third-order valence-electron chi connectivity index (χ3n) is 3.68. The number of halogens is 1. The number of aryl methyl sites for hydroxylation is 1. The van der Waals surface area contributed by atoms with E-state index in [2.05, 4.69) is 33.1 Å². The van der Waals surface area contributed by atoms with Gasteiger partial charge in [-0.3, -0.25) is 4.90 Å². The van der Waals surface area contributed by atoms with Crippen LogP contribution in [0.15, 0.2) is 16.6 Å². The van der Waals surface area contributed by atoms with Gasteiger partial charge in [0.05, 0.1) is 0 Å². The van der Waals surface area contributed by atoms with E-state index in [1.807, 2.05) is 19.1 Å². The molecule has 1 fully saturated rings. The summed E-state index contributed by atoms with van der Waals surface area (Å²) >= 11 is 3.59. The van der Waals surface area contributed by atoms with Gasteiger partial charge in [0.25, 0.3) is 0 Å². The SMILES string of the molecule is CC[C@H](c1c(Br)ccc(C)c1O)N1CCNCC1. The average Bonchev–Trinajstić information content (AvgIpc) is 2.40. The fourth-order valence-electron chi connectivity index (χ4n) is 2.65. The minimum absolute atomic E-state index is 0.293. The number of hydrogen-bond acceptors (Lipinski definition) is 3. The molecule has 0 aliphatic carbocycles. The number of phenols is 1. The summed E-state index contributed by atoms with van der Waals surface area (Å²) < 4.78 is 1.01. The Morgan fingerprint density at radius 3 is 2.67 bits per heavy atom. The van der Waals surface area contributed by atoms with Crippen molar-refractivity contribution in [2.45, 2.75) is 26.3 Å². The van der Waals surface area contributed by atoms with Gasteiger partial charge in [-0.2, -0.15) is 0 Å². The topological polar surface area (TPSA) is 35.5 Å². The van der Waals surface area contributed by atoms with E-state index >= 15 is 0 Å². The highest BCUT2D eigenvalue weighted by Crippen LogP contribution is 2.38. The first-order chi connectivity index (χ1) is 8.65. The van der Waals surface area contributed by atoms with Gasteiger partial charge in [0.15, 0.2) is 0 Å². The van der Waals surface area contributed by atoms with Crippen LogP contribution in [-0.2, 0) is 0 Å². The van der Waals surface area contributed by atoms with E-state index in [0.29, 0.717) is 11.8 Å². The van der Waals surface area contributed by atoms with E-state index in [1.54, 1.807) is 0 Å². The Balaban J connectivity index is 2.34. The van der Waals surface area contributed by atoms with Gasteiger partial charge in [-0.05, 0) is 25.0 Å². The maximum Gasteiger partial charge on any atom is 0.124 e. The molecular formula is C14H21BrN2O. The summed E-state index contributed by atoms with van der Waals surface area (Å²) in [6, 6.07) is 4.28. The highest BCUT2D eigenvalue weighted by atomic mass is 79.9. The minimum atomic E-state index is 0.293. The van der Waals surface area contributed by atoms with E-state index in [-0.39, 0.29) is 0 Å². The molecule has 1 aromatic rings. The lowest BCUT2D eigenvalue weighted by molar-refractivity contribution is 0.166. The first-order valence-electron chi connectivity index (χ1n) is 6.58. The number of aromatic hydroxyl groups is 1. The van der Waals surface area contributed by atoms with Gasteiger partial charge >= 0.3 is 0 Å². The lowest BCUT2D eigenvalue weighted by atomic mass is 9.98. The van der Waals surface area contributed by atoms with Crippen molar-refractivity contribution in [1.29, 1.82) is 0 Å². The van der Waals surface area contributed by atoms with E-state index in [1.165, 1.54) is 0 Å². The van der Waals surface area contributed by atoms with Gasteiger partial charge in [0, 0.05) is 42.3 Å². The molecule has 1 aliphatic heterocycles. The average molecular weight is 313 g/mol. The number of benzene rings is 1. The van der Waals surface area contributed by atoms with E-state index in [4.69, 9.17) is 0 Å². The fraction of sp³-hybridized carbons (Fsp3) is 0.571. The van der Waals surface area contributed by atoms with Crippen LogP contribution in [0.2, 0.25) is 0 Å². The van der Waals surface area contributed by atoms with Crippen LogP contribution in [0.3, 0.4) is 0 Å². The highest BCUT2D eigenvalue weighted by Gasteiger charge is 2.25. The Labute approximate surface area is 117 Å². The van der Waals surface area contributed by atoms with Crippen molar-refractivity contribution in [3.63, 3.8) is 0 Å². The first kappa shape index (κ1) is 13.8. The number of phenolic OH excluding ortho intramolecular Hbond substituents is 1. The molecule has 100 valence electrons. The molecular weight excluding hydrogens is 292 g/mol. The van der Waals surface area contributed by atoms with Crippen molar-refractivity contribution in [3.05, 3.63) is 27.7 Å². The Bertz CT molecular complexity index is 417. The Morgan fingerprint density at radius 2 is 2.06 bits per heavy atom. The normalized spacial score (nSPS) is 18.8. The number of piperazine rings is 1. The lowest BCUT2D eigenvalue weighted by Crippen LogP contribution is -2.45. The largest absolute Gasteiger partial charge is 0.507 e. The van der Waals surface area contributed by atoms with Crippen molar-refractivity contribution >= 4 is 15.9 Å². The molecule has 1 saturated heterocycles. The van der Waals surface area contributed by atoms with Crippen LogP contribution in [0.25, 0.3) is 0 Å². The first-order valence-corrected chi connectivity index (χ1v) is 7.37. The smallest absolute Gasteiger partial charge is 0.124 e. The molecule has 1 atom stereocenters. The molecule has 4 heteroatoms. The van der Waals surface area contributed by atoms with Crippen LogP contribution in [0, 0.1) is 6.92 Å². The predicted molar refractivity (Wildman–Crippen MR) is 78.0 cm³/mol. The summed E-state index contributed by atoms with van der Waals surface area (Å²) in [5.41, 5.74) is 1.99. The molecule has 0 unspecified atom stereocenters. The molecule has 2 N–H and O–H groups in total. The van der Waals surface area contributed by atoms with E-state index < -0.39 is 0 Å². The summed E-state index contributed by atoms with van der Waals surface area (Å²) in [4.78, 5) is 2.45. The second-order valence-electron chi connectivity index (χ2n) is 4.84. The van der Waals surface area contributed by atoms with Crippen LogP contribution in [0.1, 0.15) is 30.5 Å². The Kier molecular flexibility index (Phi) is 4.65. The second kappa shape index (κ2) is 6.04. The highest BCUT2D eigenvalue weighted by molar-refractivity contribution is 9.10. The quantitative estimate of drug-likeness (QED) is 0.901. The lowest BCUT2D eigenvalue weighted by Gasteiger charge is -2.35. The van der Waals surface area contributed by atoms with Gasteiger partial charge in [-0.15, -0.1) is 0 Å². The van der Waals surface area contributed by atoms with Crippen LogP contribution in [-0.4, -0.2) is 36.2 Å². The number of nitrogens with one attached hydrogen (secondary N) is 1. The monoisotopic (exact) mass is 312 g/mol. The second-order valence-corrected chi connectivity index (χ2v) is 5.69. The molecule has 0 spiro atoms. The van der Waals surface area contributed by atoms with Crippen LogP contribution < -0.4 is 5.32 Å². The molecule has 18 heavy (non-hydrogen) atoms. The van der Waals surface area contributed by atoms with Gasteiger partial charge in [-0.25, -0.2) is 0 Å². The summed E-state index contributed by atoms with van der Waals surface area (Å²) in [6.45, 7) is 8.27. The predicted octanol–water partition coefficient (Wildman–Crippen LogP) is 2.82. The minimum Gasteiger partial charge on any atom is -0.507 e. The van der Waals surface area contributed by atoms with Crippen molar-refractivity contribution in [2.75, 3.05) is 26.2 Å². The van der Waals surface area contributed by atoms with Gasteiger partial charge in [0.2, 0.25) is 0 Å². The third kappa shape index (κ3) is 2.71. The van der Waals surface area contributed by atoms with Gasteiger partial charge in [-0.1, -0.05) is 28.9 Å². The molecule has 1 aromatic carbocycles. The Hall–Kier alpha value is -0.580. The third-order valence-corrected chi connectivity index (χ3v) is 4.37. The molecule has 1 aliphatic rings. The van der Waals surface area contributed by atoms with Crippen LogP contribution >= 0.6 is 15.9 Å². The summed E-state index contributed by atoms with van der Waals surface area (Å²) in [7, 11) is 0. The zero-order valence-electron chi connectivity index (χ0n) is 11.0. The zero-order valence-corrected chi connectivity index (χ0v) is 12.6. The summed E-state index contributed by atoms with van der Waals surface area (Å²) in [5.74, 6) is 0.440. The molecule has 2 rings (SSSR count). The molecule has 3 nitrogen and oxygen atoms in total. The standard InChI is InChI=1S/C14H21BrN2O/c1-3-12(17-8-6-16-7-9-17)13-11(15)5-4-10(2)14(13)18/h4-5,12,16,18H,3,6-9H2,1-2H3/t12-/m1/s1. The maximum atomic E-state index is 10.3. The molecule has 1 heterocycles. The van der Waals surface area contributed by atoms with Crippen molar-refractivity contribution in [1.82, 2.24) is 10.2 Å². The van der Waals surface area contributed by atoms with Crippen LogP contribution in [0.5, 0.6) is 5.75 Å². The zero-order chi connectivity index (χ0) is 13.1. The van der Waals surface area contributed by atoms with Crippen molar-refractivity contribution in [3.8, 4) is 5.75 Å². The summed E-state index contributed by atoms with van der Waals surface area (Å²) in [5, 5.41) is 13.7. The number of hydrogen-bond donors (Lipinski definition) is 2. The number of rotatable bonds is 3. The maximum absolute atomic E-state index is 10.3. The molecule has 0 saturated carbocycles. The van der Waals surface area contributed by atoms with E-state index in [0.717, 1.165) is 48.2 Å². The molecule has 0 aromatic heterocycles. The van der Waals surface area contributed by atoms with E-state index in [9.17, 15) is 5.11 Å². The van der Waals surface area contributed by atoms with Gasteiger partial charge < -0.3 is 10.4 Å². The fourth-order valence-corrected chi connectivity index (χ4v) is 3.23. The van der Waals surface area contributed by atoms with Crippen molar-refractivity contribution in [2.24, 2.45) is 0 Å². The van der Waals surface area contributed by atoms with Crippen molar-refractivity contribution < 1.29 is 5.11 Å². The van der Waals surface area contributed by atoms with Gasteiger partial charge in [0.1, 0.15) is 5.75 Å². The Morgan fingerprint density at radius 1 is 1.39 bits per heavy atom. The molecule has 0 amide bonds.